The number of aromatic nitrogens is 2. The Morgan fingerprint density at radius 3 is 3.00 bits per heavy atom. The molecule has 94 valence electrons. The predicted octanol–water partition coefficient (Wildman–Crippen LogP) is 0.466. The molecule has 1 aromatic heterocycles. The molecule has 5 nitrogen and oxygen atoms in total. The molecule has 0 spiro atoms. The molecular weight excluding hydrogens is 214 g/mol. The molecule has 1 aliphatic heterocycles. The zero-order chi connectivity index (χ0) is 12.3. The fraction of sp³-hybridized carbons (Fsp3) is 0.667. The zero-order valence-electron chi connectivity index (χ0n) is 10.6. The molecule has 1 aliphatic rings. The van der Waals surface area contributed by atoms with Gasteiger partial charge >= 0.3 is 0 Å². The minimum atomic E-state index is 0.450. The van der Waals surface area contributed by atoms with Gasteiger partial charge in [0.15, 0.2) is 0 Å². The first-order valence-corrected chi connectivity index (χ1v) is 6.13. The van der Waals surface area contributed by atoms with E-state index in [-0.39, 0.29) is 0 Å². The number of nitrogens with two attached hydrogens (primary N) is 1. The summed E-state index contributed by atoms with van der Waals surface area (Å²) in [6.45, 7) is 2.54. The van der Waals surface area contributed by atoms with Crippen LogP contribution in [0.25, 0.3) is 0 Å². The molecule has 17 heavy (non-hydrogen) atoms. The molecule has 1 atom stereocenters. The normalized spacial score (nSPS) is 20.9. The summed E-state index contributed by atoms with van der Waals surface area (Å²) in [5, 5.41) is 0. The maximum atomic E-state index is 5.59. The van der Waals surface area contributed by atoms with E-state index in [9.17, 15) is 0 Å². The van der Waals surface area contributed by atoms with Gasteiger partial charge in [-0.25, -0.2) is 4.98 Å². The van der Waals surface area contributed by atoms with Crippen molar-refractivity contribution in [3.63, 3.8) is 0 Å². The van der Waals surface area contributed by atoms with Crippen LogP contribution in [0.1, 0.15) is 18.5 Å². The van der Waals surface area contributed by atoms with Gasteiger partial charge in [0.2, 0.25) is 0 Å². The largest absolute Gasteiger partial charge is 0.354 e. The standard InChI is InChI=1S/C12H21N5/c1-16(2)11-4-3-5-17(9-11)12-8-14-7-10(6-13)15-12/h7-8,11H,3-6,9,13H2,1-2H3. The second-order valence-electron chi connectivity index (χ2n) is 4.78. The first kappa shape index (κ1) is 12.3. The summed E-state index contributed by atoms with van der Waals surface area (Å²) in [5.41, 5.74) is 6.45. The monoisotopic (exact) mass is 235 g/mol. The molecule has 0 radical (unpaired) electrons. The molecule has 1 unspecified atom stereocenters. The molecule has 2 heterocycles. The van der Waals surface area contributed by atoms with Crippen molar-refractivity contribution in [2.24, 2.45) is 5.73 Å². The van der Waals surface area contributed by atoms with Gasteiger partial charge < -0.3 is 15.5 Å². The molecule has 1 saturated heterocycles. The average Bonchev–Trinajstić information content (AvgIpc) is 2.39. The highest BCUT2D eigenvalue weighted by molar-refractivity contribution is 5.37. The van der Waals surface area contributed by atoms with Crippen molar-refractivity contribution in [2.75, 3.05) is 32.1 Å². The quantitative estimate of drug-likeness (QED) is 0.825. The summed E-state index contributed by atoms with van der Waals surface area (Å²) in [4.78, 5) is 13.3. The van der Waals surface area contributed by atoms with E-state index in [0.29, 0.717) is 12.6 Å². The smallest absolute Gasteiger partial charge is 0.147 e. The van der Waals surface area contributed by atoms with Gasteiger partial charge in [-0.2, -0.15) is 0 Å². The van der Waals surface area contributed by atoms with Crippen molar-refractivity contribution in [1.82, 2.24) is 14.9 Å². The molecule has 1 fully saturated rings. The number of likely N-dealkylation sites (N-methyl/N-ethyl adjacent to an activating group) is 1. The molecule has 0 bridgehead atoms. The third kappa shape index (κ3) is 2.92. The lowest BCUT2D eigenvalue weighted by Gasteiger charge is -2.36. The molecule has 1 aromatic rings. The minimum Gasteiger partial charge on any atom is -0.354 e. The maximum Gasteiger partial charge on any atom is 0.147 e. The number of rotatable bonds is 3. The third-order valence-electron chi connectivity index (χ3n) is 3.33. The van der Waals surface area contributed by atoms with Gasteiger partial charge in [0.05, 0.1) is 11.9 Å². The second kappa shape index (κ2) is 5.42. The summed E-state index contributed by atoms with van der Waals surface area (Å²) in [6, 6.07) is 0.604. The Labute approximate surface area is 103 Å². The number of piperidine rings is 1. The Bertz CT molecular complexity index is 366. The lowest BCUT2D eigenvalue weighted by atomic mass is 10.1. The first-order chi connectivity index (χ1) is 8.20. The molecule has 0 saturated carbocycles. The maximum absolute atomic E-state index is 5.59. The van der Waals surface area contributed by atoms with Crippen LogP contribution in [-0.2, 0) is 6.54 Å². The van der Waals surface area contributed by atoms with E-state index in [0.717, 1.165) is 24.6 Å². The van der Waals surface area contributed by atoms with Gasteiger partial charge in [-0.05, 0) is 26.9 Å². The Morgan fingerprint density at radius 2 is 2.29 bits per heavy atom. The molecular formula is C12H21N5. The average molecular weight is 235 g/mol. The predicted molar refractivity (Wildman–Crippen MR) is 68.8 cm³/mol. The Balaban J connectivity index is 2.10. The van der Waals surface area contributed by atoms with Gasteiger partial charge in [0.25, 0.3) is 0 Å². The SMILES string of the molecule is CN(C)C1CCCN(c2cncc(CN)n2)C1. The molecule has 0 aliphatic carbocycles. The van der Waals surface area contributed by atoms with Crippen molar-refractivity contribution in [2.45, 2.75) is 25.4 Å². The Hall–Kier alpha value is -1.20. The summed E-state index contributed by atoms with van der Waals surface area (Å²) < 4.78 is 0. The molecule has 5 heteroatoms. The fourth-order valence-corrected chi connectivity index (χ4v) is 2.23. The highest BCUT2D eigenvalue weighted by atomic mass is 15.2. The summed E-state index contributed by atoms with van der Waals surface area (Å²) in [5.74, 6) is 0.958. The van der Waals surface area contributed by atoms with E-state index in [2.05, 4.69) is 33.9 Å². The van der Waals surface area contributed by atoms with Crippen molar-refractivity contribution in [3.05, 3.63) is 18.1 Å². The van der Waals surface area contributed by atoms with E-state index in [1.807, 2.05) is 6.20 Å². The summed E-state index contributed by atoms with van der Waals surface area (Å²) >= 11 is 0. The summed E-state index contributed by atoms with van der Waals surface area (Å²) in [7, 11) is 4.27. The van der Waals surface area contributed by atoms with Crippen molar-refractivity contribution in [3.8, 4) is 0 Å². The molecule has 0 amide bonds. The summed E-state index contributed by atoms with van der Waals surface area (Å²) in [6.07, 6.45) is 6.03. The molecule has 2 N–H and O–H groups in total. The number of hydrogen-bond acceptors (Lipinski definition) is 5. The van der Waals surface area contributed by atoms with Crippen molar-refractivity contribution >= 4 is 5.82 Å². The lowest BCUT2D eigenvalue weighted by Crippen LogP contribution is -2.45. The third-order valence-corrected chi connectivity index (χ3v) is 3.33. The fourth-order valence-electron chi connectivity index (χ4n) is 2.23. The number of hydrogen-bond donors (Lipinski definition) is 1. The van der Waals surface area contributed by atoms with Crippen LogP contribution in [0, 0.1) is 0 Å². The van der Waals surface area contributed by atoms with E-state index in [1.165, 1.54) is 12.8 Å². The van der Waals surface area contributed by atoms with Crippen LogP contribution in [0.3, 0.4) is 0 Å². The van der Waals surface area contributed by atoms with Gasteiger partial charge in [0.1, 0.15) is 5.82 Å². The van der Waals surface area contributed by atoms with Gasteiger partial charge in [-0.1, -0.05) is 0 Å². The highest BCUT2D eigenvalue weighted by Gasteiger charge is 2.22. The van der Waals surface area contributed by atoms with E-state index >= 15 is 0 Å². The van der Waals surface area contributed by atoms with Crippen LogP contribution in [0.4, 0.5) is 5.82 Å². The van der Waals surface area contributed by atoms with Crippen LogP contribution >= 0.6 is 0 Å². The van der Waals surface area contributed by atoms with Gasteiger partial charge in [0, 0.05) is 31.9 Å². The van der Waals surface area contributed by atoms with Crippen molar-refractivity contribution in [1.29, 1.82) is 0 Å². The Morgan fingerprint density at radius 1 is 1.47 bits per heavy atom. The van der Waals surface area contributed by atoms with E-state index < -0.39 is 0 Å². The zero-order valence-corrected chi connectivity index (χ0v) is 10.6. The Kier molecular flexibility index (Phi) is 3.91. The van der Waals surface area contributed by atoms with Crippen LogP contribution in [0.15, 0.2) is 12.4 Å². The van der Waals surface area contributed by atoms with Crippen LogP contribution < -0.4 is 10.6 Å². The van der Waals surface area contributed by atoms with Gasteiger partial charge in [-0.15, -0.1) is 0 Å². The number of nitrogens with zero attached hydrogens (tertiary/aromatic N) is 4. The molecule has 2 rings (SSSR count). The van der Waals surface area contributed by atoms with Crippen LogP contribution in [-0.4, -0.2) is 48.1 Å². The van der Waals surface area contributed by atoms with Crippen LogP contribution in [0.5, 0.6) is 0 Å². The highest BCUT2D eigenvalue weighted by Crippen LogP contribution is 2.19. The van der Waals surface area contributed by atoms with Crippen molar-refractivity contribution < 1.29 is 0 Å². The van der Waals surface area contributed by atoms with E-state index in [1.54, 1.807) is 6.20 Å². The van der Waals surface area contributed by atoms with Gasteiger partial charge in [-0.3, -0.25) is 4.98 Å². The second-order valence-corrected chi connectivity index (χ2v) is 4.78. The topological polar surface area (TPSA) is 58.3 Å². The molecule has 0 aromatic carbocycles. The number of anilines is 1. The minimum absolute atomic E-state index is 0.450. The van der Waals surface area contributed by atoms with Crippen LogP contribution in [0.2, 0.25) is 0 Å². The van der Waals surface area contributed by atoms with E-state index in [4.69, 9.17) is 5.73 Å². The first-order valence-electron chi connectivity index (χ1n) is 6.13. The lowest BCUT2D eigenvalue weighted by molar-refractivity contribution is 0.257.